The van der Waals surface area contributed by atoms with Crippen LogP contribution in [0.25, 0.3) is 0 Å². The van der Waals surface area contributed by atoms with Crippen LogP contribution in [0.3, 0.4) is 0 Å². The SMILES string of the molecule is CC(=O)N[C@@H]1CCCN(CCCS(=O)(=O)c2cccc(C)c2)C1. The normalized spacial score (nSPS) is 19.5. The molecule has 0 aromatic heterocycles. The minimum absolute atomic E-state index is 0.00104. The Bertz CT molecular complexity index is 643. The van der Waals surface area contributed by atoms with E-state index < -0.39 is 9.84 Å². The second kappa shape index (κ2) is 7.93. The molecule has 0 spiro atoms. The molecule has 1 fully saturated rings. The Balaban J connectivity index is 1.83. The van der Waals surface area contributed by atoms with Crippen molar-refractivity contribution in [1.29, 1.82) is 0 Å². The topological polar surface area (TPSA) is 66.5 Å². The highest BCUT2D eigenvalue weighted by Crippen LogP contribution is 2.15. The molecule has 1 heterocycles. The van der Waals surface area contributed by atoms with E-state index in [1.807, 2.05) is 13.0 Å². The molecule has 1 aromatic carbocycles. The number of likely N-dealkylation sites (tertiary alicyclic amines) is 1. The molecule has 5 nitrogen and oxygen atoms in total. The van der Waals surface area contributed by atoms with Gasteiger partial charge in [-0.05, 0) is 57.0 Å². The third kappa shape index (κ3) is 5.62. The molecule has 1 aliphatic rings. The van der Waals surface area contributed by atoms with E-state index in [0.717, 1.165) is 38.0 Å². The number of carbonyl (C=O) groups is 1. The standard InChI is InChI=1S/C17H26N2O3S/c1-14-6-3-8-17(12-14)23(21,22)11-5-10-19-9-4-7-16(13-19)18-15(2)20/h3,6,8,12,16H,4-5,7,9-11,13H2,1-2H3,(H,18,20)/t16-/m1/s1. The maximum atomic E-state index is 12.4. The summed E-state index contributed by atoms with van der Waals surface area (Å²) in [5.41, 5.74) is 0.959. The van der Waals surface area contributed by atoms with Crippen LogP contribution in [0.5, 0.6) is 0 Å². The molecule has 1 aliphatic heterocycles. The van der Waals surface area contributed by atoms with E-state index in [1.165, 1.54) is 6.92 Å². The highest BCUT2D eigenvalue weighted by molar-refractivity contribution is 7.91. The molecular weight excluding hydrogens is 312 g/mol. The molecule has 2 rings (SSSR count). The van der Waals surface area contributed by atoms with Gasteiger partial charge >= 0.3 is 0 Å². The van der Waals surface area contributed by atoms with Crippen LogP contribution in [0.2, 0.25) is 0 Å². The lowest BCUT2D eigenvalue weighted by atomic mass is 10.1. The monoisotopic (exact) mass is 338 g/mol. The van der Waals surface area contributed by atoms with E-state index in [0.29, 0.717) is 11.3 Å². The van der Waals surface area contributed by atoms with Gasteiger partial charge in [-0.3, -0.25) is 4.79 Å². The van der Waals surface area contributed by atoms with Crippen molar-refractivity contribution in [3.8, 4) is 0 Å². The predicted molar refractivity (Wildman–Crippen MR) is 91.1 cm³/mol. The minimum Gasteiger partial charge on any atom is -0.352 e. The first-order chi connectivity index (χ1) is 10.9. The third-order valence-corrected chi connectivity index (χ3v) is 5.95. The summed E-state index contributed by atoms with van der Waals surface area (Å²) in [5.74, 6) is 0.163. The molecule has 6 heteroatoms. The van der Waals surface area contributed by atoms with Crippen molar-refractivity contribution in [3.63, 3.8) is 0 Å². The lowest BCUT2D eigenvalue weighted by molar-refractivity contribution is -0.120. The van der Waals surface area contributed by atoms with Crippen molar-refractivity contribution in [2.24, 2.45) is 0 Å². The molecule has 1 atom stereocenters. The quantitative estimate of drug-likeness (QED) is 0.858. The Labute approximate surface area is 139 Å². The molecular formula is C17H26N2O3S. The van der Waals surface area contributed by atoms with Gasteiger partial charge in [-0.2, -0.15) is 0 Å². The van der Waals surface area contributed by atoms with Crippen molar-refractivity contribution in [2.75, 3.05) is 25.4 Å². The number of sulfone groups is 1. The maximum absolute atomic E-state index is 12.4. The number of piperidine rings is 1. The van der Waals surface area contributed by atoms with Crippen LogP contribution in [0.1, 0.15) is 31.7 Å². The van der Waals surface area contributed by atoms with Gasteiger partial charge in [-0.15, -0.1) is 0 Å². The van der Waals surface area contributed by atoms with Gasteiger partial charge in [0.1, 0.15) is 0 Å². The molecule has 1 aromatic rings. The summed E-state index contributed by atoms with van der Waals surface area (Å²) in [6.45, 7) is 5.97. The van der Waals surface area contributed by atoms with Gasteiger partial charge in [0.25, 0.3) is 0 Å². The fourth-order valence-corrected chi connectivity index (χ4v) is 4.46. The summed E-state index contributed by atoms with van der Waals surface area (Å²) >= 11 is 0. The smallest absolute Gasteiger partial charge is 0.217 e. The van der Waals surface area contributed by atoms with Gasteiger partial charge in [0.15, 0.2) is 9.84 Å². The van der Waals surface area contributed by atoms with Crippen LogP contribution < -0.4 is 5.32 Å². The van der Waals surface area contributed by atoms with Crippen LogP contribution in [-0.2, 0) is 14.6 Å². The Hall–Kier alpha value is -1.40. The number of amides is 1. The van der Waals surface area contributed by atoms with Crippen molar-refractivity contribution < 1.29 is 13.2 Å². The van der Waals surface area contributed by atoms with E-state index in [4.69, 9.17) is 0 Å². The van der Waals surface area contributed by atoms with E-state index in [2.05, 4.69) is 10.2 Å². The zero-order chi connectivity index (χ0) is 16.9. The Kier molecular flexibility index (Phi) is 6.18. The van der Waals surface area contributed by atoms with E-state index in [1.54, 1.807) is 18.2 Å². The molecule has 0 saturated carbocycles. The third-order valence-electron chi connectivity index (χ3n) is 4.15. The van der Waals surface area contributed by atoms with Crippen molar-refractivity contribution in [2.45, 2.75) is 44.0 Å². The van der Waals surface area contributed by atoms with Crippen molar-refractivity contribution in [1.82, 2.24) is 10.2 Å². The van der Waals surface area contributed by atoms with Gasteiger partial charge in [-0.25, -0.2) is 8.42 Å². The van der Waals surface area contributed by atoms with Gasteiger partial charge < -0.3 is 10.2 Å². The second-order valence-electron chi connectivity index (χ2n) is 6.33. The van der Waals surface area contributed by atoms with E-state index in [-0.39, 0.29) is 17.7 Å². The fraction of sp³-hybridized carbons (Fsp3) is 0.588. The highest BCUT2D eigenvalue weighted by Gasteiger charge is 2.21. The summed E-state index contributed by atoms with van der Waals surface area (Å²) in [6, 6.07) is 7.26. The Morgan fingerprint density at radius 2 is 2.17 bits per heavy atom. The number of hydrogen-bond acceptors (Lipinski definition) is 4. The first kappa shape index (κ1) is 17.9. The molecule has 0 unspecified atom stereocenters. The molecule has 1 amide bonds. The molecule has 1 N–H and O–H groups in total. The van der Waals surface area contributed by atoms with Gasteiger partial charge in [0.05, 0.1) is 10.6 Å². The van der Waals surface area contributed by atoms with Crippen LogP contribution >= 0.6 is 0 Å². The zero-order valence-corrected chi connectivity index (χ0v) is 14.7. The van der Waals surface area contributed by atoms with Crippen LogP contribution in [0.4, 0.5) is 0 Å². The van der Waals surface area contributed by atoms with Crippen molar-refractivity contribution >= 4 is 15.7 Å². The number of hydrogen-bond donors (Lipinski definition) is 1. The van der Waals surface area contributed by atoms with E-state index in [9.17, 15) is 13.2 Å². The summed E-state index contributed by atoms with van der Waals surface area (Å²) in [4.78, 5) is 13.8. The van der Waals surface area contributed by atoms with Crippen LogP contribution in [0, 0.1) is 6.92 Å². The van der Waals surface area contributed by atoms with Gasteiger partial charge in [0.2, 0.25) is 5.91 Å². The van der Waals surface area contributed by atoms with Gasteiger partial charge in [0, 0.05) is 19.5 Å². The van der Waals surface area contributed by atoms with Gasteiger partial charge in [-0.1, -0.05) is 12.1 Å². The minimum atomic E-state index is -3.21. The second-order valence-corrected chi connectivity index (χ2v) is 8.44. The van der Waals surface area contributed by atoms with Crippen molar-refractivity contribution in [3.05, 3.63) is 29.8 Å². The highest BCUT2D eigenvalue weighted by atomic mass is 32.2. The lowest BCUT2D eigenvalue weighted by Crippen LogP contribution is -2.47. The molecule has 128 valence electrons. The summed E-state index contributed by atoms with van der Waals surface area (Å²) in [6.07, 6.45) is 2.65. The van der Waals surface area contributed by atoms with E-state index >= 15 is 0 Å². The predicted octanol–water partition coefficient (Wildman–Crippen LogP) is 1.76. The first-order valence-electron chi connectivity index (χ1n) is 8.16. The number of rotatable bonds is 6. The molecule has 1 saturated heterocycles. The maximum Gasteiger partial charge on any atom is 0.217 e. The van der Waals surface area contributed by atoms with Crippen LogP contribution in [0.15, 0.2) is 29.2 Å². The summed E-state index contributed by atoms with van der Waals surface area (Å²) in [7, 11) is -3.21. The number of nitrogens with zero attached hydrogens (tertiary/aromatic N) is 1. The largest absolute Gasteiger partial charge is 0.352 e. The first-order valence-corrected chi connectivity index (χ1v) is 9.81. The number of nitrogens with one attached hydrogen (secondary N) is 1. The summed E-state index contributed by atoms with van der Waals surface area (Å²) in [5, 5.41) is 2.95. The molecule has 0 bridgehead atoms. The number of aryl methyl sites for hydroxylation is 1. The average Bonchev–Trinajstić information content (AvgIpc) is 2.47. The average molecular weight is 338 g/mol. The summed E-state index contributed by atoms with van der Waals surface area (Å²) < 4.78 is 24.7. The number of carbonyl (C=O) groups excluding carboxylic acids is 1. The molecule has 23 heavy (non-hydrogen) atoms. The fourth-order valence-electron chi connectivity index (χ4n) is 3.07. The molecule has 0 aliphatic carbocycles. The zero-order valence-electron chi connectivity index (χ0n) is 13.9. The number of benzene rings is 1. The molecule has 0 radical (unpaired) electrons. The lowest BCUT2D eigenvalue weighted by Gasteiger charge is -2.32. The Morgan fingerprint density at radius 1 is 1.39 bits per heavy atom. The van der Waals surface area contributed by atoms with Crippen LogP contribution in [-0.4, -0.2) is 50.7 Å². The Morgan fingerprint density at radius 3 is 2.87 bits per heavy atom.